The van der Waals surface area contributed by atoms with Crippen molar-refractivity contribution in [1.29, 1.82) is 0 Å². The Kier molecular flexibility index (Phi) is 4.11. The predicted molar refractivity (Wildman–Crippen MR) is 83.6 cm³/mol. The Bertz CT molecular complexity index is 647. The number of nitrogens with two attached hydrogens (primary N) is 1. The first-order valence-corrected chi connectivity index (χ1v) is 6.91. The van der Waals surface area contributed by atoms with Crippen LogP contribution >= 0.6 is 0 Å². The maximum absolute atomic E-state index is 13.6. The van der Waals surface area contributed by atoms with E-state index in [4.69, 9.17) is 5.73 Å². The smallest absolute Gasteiger partial charge is 0.138 e. The largest absolute Gasteiger partial charge is 0.383 e. The third-order valence-corrected chi connectivity index (χ3v) is 3.26. The molecule has 0 amide bonds. The lowest BCUT2D eigenvalue weighted by atomic mass is 9.95. The van der Waals surface area contributed by atoms with E-state index in [1.165, 1.54) is 6.07 Å². The van der Waals surface area contributed by atoms with Crippen LogP contribution in [0.15, 0.2) is 24.3 Å². The molecular formula is C16H21FN4. The molecule has 2 rings (SSSR count). The second kappa shape index (κ2) is 5.68. The van der Waals surface area contributed by atoms with Gasteiger partial charge >= 0.3 is 0 Å². The first kappa shape index (κ1) is 15.2. The highest BCUT2D eigenvalue weighted by Gasteiger charge is 2.20. The number of aromatic nitrogens is 2. The first-order chi connectivity index (χ1) is 9.79. The van der Waals surface area contributed by atoms with Gasteiger partial charge in [0.15, 0.2) is 0 Å². The molecule has 0 saturated carbocycles. The summed E-state index contributed by atoms with van der Waals surface area (Å²) in [4.78, 5) is 8.85. The van der Waals surface area contributed by atoms with Crippen LogP contribution in [-0.4, -0.2) is 9.97 Å². The van der Waals surface area contributed by atoms with Gasteiger partial charge in [-0.1, -0.05) is 39.0 Å². The molecule has 0 spiro atoms. The third-order valence-electron chi connectivity index (χ3n) is 3.26. The molecule has 0 radical (unpaired) electrons. The van der Waals surface area contributed by atoms with Crippen molar-refractivity contribution in [2.75, 3.05) is 11.1 Å². The van der Waals surface area contributed by atoms with Gasteiger partial charge in [-0.25, -0.2) is 14.4 Å². The van der Waals surface area contributed by atoms with Crippen LogP contribution in [0.3, 0.4) is 0 Å². The number of halogens is 1. The second-order valence-corrected chi connectivity index (χ2v) is 6.10. The number of anilines is 2. The lowest BCUT2D eigenvalue weighted by molar-refractivity contribution is 0.546. The molecule has 5 heteroatoms. The fourth-order valence-corrected chi connectivity index (χ4v) is 1.86. The van der Waals surface area contributed by atoms with Gasteiger partial charge in [-0.15, -0.1) is 0 Å². The molecule has 112 valence electrons. The maximum Gasteiger partial charge on any atom is 0.138 e. The molecular weight excluding hydrogens is 267 g/mol. The molecule has 1 heterocycles. The summed E-state index contributed by atoms with van der Waals surface area (Å²) >= 11 is 0. The summed E-state index contributed by atoms with van der Waals surface area (Å²) in [7, 11) is 0. The van der Waals surface area contributed by atoms with E-state index >= 15 is 0 Å². The Morgan fingerprint density at radius 3 is 2.48 bits per heavy atom. The summed E-state index contributed by atoms with van der Waals surface area (Å²) < 4.78 is 13.6. The van der Waals surface area contributed by atoms with Gasteiger partial charge in [0.1, 0.15) is 23.3 Å². The van der Waals surface area contributed by atoms with Crippen molar-refractivity contribution < 1.29 is 4.39 Å². The van der Waals surface area contributed by atoms with E-state index in [2.05, 4.69) is 15.3 Å². The molecule has 2 aromatic rings. The summed E-state index contributed by atoms with van der Waals surface area (Å²) in [6, 6.07) is 6.66. The number of rotatable bonds is 3. The normalized spacial score (nSPS) is 11.5. The summed E-state index contributed by atoms with van der Waals surface area (Å²) in [5.41, 5.74) is 7.12. The fourth-order valence-electron chi connectivity index (χ4n) is 1.86. The zero-order valence-corrected chi connectivity index (χ0v) is 12.9. The standard InChI is InChI=1S/C16H21FN4/c1-10-13(18)20-15(16(2,3)4)21-14(10)19-9-11-7-5-6-8-12(11)17/h5-8H,9H2,1-4H3,(H3,18,19,20,21). The minimum absolute atomic E-state index is 0.198. The highest BCUT2D eigenvalue weighted by Crippen LogP contribution is 2.25. The van der Waals surface area contributed by atoms with Crippen LogP contribution in [-0.2, 0) is 12.0 Å². The minimum Gasteiger partial charge on any atom is -0.383 e. The van der Waals surface area contributed by atoms with Gasteiger partial charge in [0.2, 0.25) is 0 Å². The average molecular weight is 288 g/mol. The quantitative estimate of drug-likeness (QED) is 0.908. The van der Waals surface area contributed by atoms with E-state index in [1.54, 1.807) is 12.1 Å². The Morgan fingerprint density at radius 2 is 1.86 bits per heavy atom. The SMILES string of the molecule is Cc1c(N)nc(C(C)(C)C)nc1NCc1ccccc1F. The number of nitrogens with one attached hydrogen (secondary N) is 1. The van der Waals surface area contributed by atoms with Crippen molar-refractivity contribution >= 4 is 11.6 Å². The first-order valence-electron chi connectivity index (χ1n) is 6.91. The highest BCUT2D eigenvalue weighted by molar-refractivity contribution is 5.55. The molecule has 0 bridgehead atoms. The zero-order chi connectivity index (χ0) is 15.6. The van der Waals surface area contributed by atoms with Crippen LogP contribution in [0.1, 0.15) is 37.7 Å². The summed E-state index contributed by atoms with van der Waals surface area (Å²) in [6.07, 6.45) is 0. The van der Waals surface area contributed by atoms with Crippen molar-refractivity contribution in [3.05, 3.63) is 47.0 Å². The van der Waals surface area contributed by atoms with Crippen molar-refractivity contribution in [3.63, 3.8) is 0 Å². The Morgan fingerprint density at radius 1 is 1.19 bits per heavy atom. The lowest BCUT2D eigenvalue weighted by Crippen LogP contribution is -2.19. The zero-order valence-electron chi connectivity index (χ0n) is 12.9. The molecule has 0 atom stereocenters. The van der Waals surface area contributed by atoms with E-state index in [0.29, 0.717) is 29.6 Å². The molecule has 0 aliphatic carbocycles. The van der Waals surface area contributed by atoms with E-state index < -0.39 is 0 Å². The number of nitrogen functional groups attached to an aromatic ring is 1. The molecule has 0 aliphatic rings. The Hall–Kier alpha value is -2.17. The molecule has 4 nitrogen and oxygen atoms in total. The summed E-state index contributed by atoms with van der Waals surface area (Å²) in [5.74, 6) is 1.53. The molecule has 3 N–H and O–H groups in total. The third kappa shape index (κ3) is 3.48. The van der Waals surface area contributed by atoms with Gasteiger partial charge in [0.25, 0.3) is 0 Å². The highest BCUT2D eigenvalue weighted by atomic mass is 19.1. The molecule has 0 saturated heterocycles. The minimum atomic E-state index is -0.235. The molecule has 1 aromatic carbocycles. The van der Waals surface area contributed by atoms with Gasteiger partial charge in [0.05, 0.1) is 0 Å². The van der Waals surface area contributed by atoms with Gasteiger partial charge in [-0.05, 0) is 13.0 Å². The van der Waals surface area contributed by atoms with E-state index in [-0.39, 0.29) is 11.2 Å². The number of hydrogen-bond acceptors (Lipinski definition) is 4. The number of benzene rings is 1. The van der Waals surface area contributed by atoms with Gasteiger partial charge in [0, 0.05) is 23.1 Å². The lowest BCUT2D eigenvalue weighted by Gasteiger charge is -2.20. The second-order valence-electron chi connectivity index (χ2n) is 6.10. The predicted octanol–water partition coefficient (Wildman–Crippen LogP) is 3.42. The fraction of sp³-hybridized carbons (Fsp3) is 0.375. The van der Waals surface area contributed by atoms with Gasteiger partial charge < -0.3 is 11.1 Å². The molecule has 0 fully saturated rings. The van der Waals surface area contributed by atoms with Crippen molar-refractivity contribution in [2.45, 2.75) is 39.7 Å². The van der Waals surface area contributed by atoms with Gasteiger partial charge in [-0.2, -0.15) is 0 Å². The van der Waals surface area contributed by atoms with Crippen LogP contribution in [0.2, 0.25) is 0 Å². The van der Waals surface area contributed by atoms with Crippen molar-refractivity contribution in [2.24, 2.45) is 0 Å². The average Bonchev–Trinajstić information content (AvgIpc) is 2.40. The molecule has 0 unspecified atom stereocenters. The van der Waals surface area contributed by atoms with Crippen LogP contribution in [0.5, 0.6) is 0 Å². The molecule has 0 aliphatic heterocycles. The van der Waals surface area contributed by atoms with Crippen LogP contribution in [0.25, 0.3) is 0 Å². The van der Waals surface area contributed by atoms with E-state index in [1.807, 2.05) is 33.8 Å². The number of nitrogens with zero attached hydrogens (tertiary/aromatic N) is 2. The van der Waals surface area contributed by atoms with E-state index in [9.17, 15) is 4.39 Å². The Balaban J connectivity index is 2.28. The topological polar surface area (TPSA) is 63.8 Å². The molecule has 21 heavy (non-hydrogen) atoms. The number of hydrogen-bond donors (Lipinski definition) is 2. The van der Waals surface area contributed by atoms with E-state index in [0.717, 1.165) is 5.56 Å². The van der Waals surface area contributed by atoms with Crippen LogP contribution in [0, 0.1) is 12.7 Å². The summed E-state index contributed by atoms with van der Waals surface area (Å²) in [5, 5.41) is 3.15. The monoisotopic (exact) mass is 288 g/mol. The van der Waals surface area contributed by atoms with Crippen molar-refractivity contribution in [3.8, 4) is 0 Å². The summed E-state index contributed by atoms with van der Waals surface area (Å²) in [6.45, 7) is 8.28. The van der Waals surface area contributed by atoms with Crippen LogP contribution in [0.4, 0.5) is 16.0 Å². The van der Waals surface area contributed by atoms with Crippen LogP contribution < -0.4 is 11.1 Å². The maximum atomic E-state index is 13.6. The molecule has 1 aromatic heterocycles. The van der Waals surface area contributed by atoms with Gasteiger partial charge in [-0.3, -0.25) is 0 Å². The Labute approximate surface area is 124 Å². The van der Waals surface area contributed by atoms with Crippen molar-refractivity contribution in [1.82, 2.24) is 9.97 Å².